The van der Waals surface area contributed by atoms with Gasteiger partial charge < -0.3 is 10.4 Å². The van der Waals surface area contributed by atoms with Crippen molar-refractivity contribution in [2.75, 3.05) is 5.32 Å². The highest BCUT2D eigenvalue weighted by atomic mass is 35.5. The zero-order chi connectivity index (χ0) is 25.7. The third-order valence-corrected chi connectivity index (χ3v) is 5.31. The molecule has 0 fully saturated rings. The van der Waals surface area contributed by atoms with Crippen LogP contribution in [0.2, 0.25) is 5.02 Å². The van der Waals surface area contributed by atoms with Crippen molar-refractivity contribution in [2.45, 2.75) is 6.18 Å². The Morgan fingerprint density at radius 1 is 0.914 bits per heavy atom. The third kappa shape index (κ3) is 4.62. The van der Waals surface area contributed by atoms with Crippen LogP contribution in [0, 0.1) is 11.6 Å². The summed E-state index contributed by atoms with van der Waals surface area (Å²) in [6, 6.07) is 6.26. The molecule has 0 atom stereocenters. The summed E-state index contributed by atoms with van der Waals surface area (Å²) in [6.45, 7) is 0. The van der Waals surface area contributed by atoms with Crippen LogP contribution in [0.1, 0.15) is 47.8 Å². The number of carbonyl (C=O) groups excluding carboxylic acids is 2. The Hall–Kier alpha value is -4.12. The van der Waals surface area contributed by atoms with Gasteiger partial charge >= 0.3 is 12.1 Å². The highest BCUT2D eigenvalue weighted by molar-refractivity contribution is 6.39. The molecule has 6 nitrogen and oxygen atoms in total. The summed E-state index contributed by atoms with van der Waals surface area (Å²) in [5, 5.41) is 11.6. The number of amides is 2. The smallest absolute Gasteiger partial charge is 0.416 e. The maximum atomic E-state index is 13.9. The monoisotopic (exact) mass is 508 g/mol. The van der Waals surface area contributed by atoms with E-state index in [2.05, 4.69) is 10.3 Å². The van der Waals surface area contributed by atoms with Crippen LogP contribution in [-0.2, 0) is 6.18 Å². The number of anilines is 1. The number of aliphatic imine (C=N–C) groups is 1. The number of rotatable bonds is 4. The van der Waals surface area contributed by atoms with Gasteiger partial charge in [0.25, 0.3) is 11.8 Å². The minimum Gasteiger partial charge on any atom is -0.478 e. The van der Waals surface area contributed by atoms with Crippen LogP contribution in [0.3, 0.4) is 0 Å². The average Bonchev–Trinajstić information content (AvgIpc) is 3.11. The van der Waals surface area contributed by atoms with E-state index in [1.807, 2.05) is 0 Å². The molecule has 0 saturated heterocycles. The van der Waals surface area contributed by atoms with E-state index >= 15 is 0 Å². The van der Waals surface area contributed by atoms with Gasteiger partial charge in [-0.1, -0.05) is 11.6 Å². The molecule has 2 N–H and O–H groups in total. The quantitative estimate of drug-likeness (QED) is 0.450. The minimum atomic E-state index is -4.94. The van der Waals surface area contributed by atoms with Crippen molar-refractivity contribution in [3.8, 4) is 0 Å². The Morgan fingerprint density at radius 3 is 2.29 bits per heavy atom. The first-order valence-corrected chi connectivity index (χ1v) is 9.92. The highest BCUT2D eigenvalue weighted by Gasteiger charge is 2.33. The summed E-state index contributed by atoms with van der Waals surface area (Å²) >= 11 is 6.12. The number of aromatic carboxylic acids is 1. The topological polar surface area (TPSA) is 95.8 Å². The Balaban J connectivity index is 1.86. The summed E-state index contributed by atoms with van der Waals surface area (Å²) < 4.78 is 66.8. The van der Waals surface area contributed by atoms with Gasteiger partial charge in [0.15, 0.2) is 0 Å². The summed E-state index contributed by atoms with van der Waals surface area (Å²) in [4.78, 5) is 40.7. The number of fused-ring (bicyclic) bond motifs is 1. The van der Waals surface area contributed by atoms with E-state index in [9.17, 15) is 41.4 Å². The van der Waals surface area contributed by atoms with Crippen molar-refractivity contribution in [3.05, 3.63) is 98.6 Å². The number of carboxylic acid groups (broad SMARTS) is 1. The second-order valence-corrected chi connectivity index (χ2v) is 7.73. The van der Waals surface area contributed by atoms with Crippen LogP contribution in [0.25, 0.3) is 0 Å². The Kier molecular flexibility index (Phi) is 5.89. The molecule has 0 aromatic heterocycles. The van der Waals surface area contributed by atoms with Crippen LogP contribution in [0.4, 0.5) is 27.6 Å². The van der Waals surface area contributed by atoms with Crippen LogP contribution < -0.4 is 5.32 Å². The van der Waals surface area contributed by atoms with E-state index in [1.54, 1.807) is 0 Å². The van der Waals surface area contributed by atoms with Gasteiger partial charge in [-0.3, -0.25) is 9.59 Å². The molecule has 178 valence electrons. The molecule has 0 saturated carbocycles. The predicted octanol–water partition coefficient (Wildman–Crippen LogP) is 5.58. The van der Waals surface area contributed by atoms with Gasteiger partial charge in [-0.15, -0.1) is 0 Å². The maximum Gasteiger partial charge on any atom is 0.416 e. The lowest BCUT2D eigenvalue weighted by Gasteiger charge is -2.15. The molecule has 0 radical (unpaired) electrons. The molecule has 4 rings (SSSR count). The molecule has 3 aromatic rings. The fourth-order valence-electron chi connectivity index (χ4n) is 3.46. The average molecular weight is 509 g/mol. The van der Waals surface area contributed by atoms with E-state index in [0.29, 0.717) is 12.1 Å². The molecule has 0 unspecified atom stereocenters. The zero-order valence-corrected chi connectivity index (χ0v) is 17.8. The van der Waals surface area contributed by atoms with E-state index in [-0.39, 0.29) is 39.2 Å². The number of hydrogen-bond donors (Lipinski definition) is 2. The first kappa shape index (κ1) is 24.0. The number of halogens is 6. The second-order valence-electron chi connectivity index (χ2n) is 7.32. The van der Waals surface area contributed by atoms with Gasteiger partial charge in [0, 0.05) is 16.7 Å². The fraction of sp³-hybridized carbons (Fsp3) is 0.0435. The zero-order valence-electron chi connectivity index (χ0n) is 17.0. The number of alkyl halides is 3. The largest absolute Gasteiger partial charge is 0.478 e. The van der Waals surface area contributed by atoms with Gasteiger partial charge in [-0.2, -0.15) is 13.2 Å². The Labute approximate surface area is 197 Å². The summed E-state index contributed by atoms with van der Waals surface area (Å²) in [5.74, 6) is -5.71. The van der Waals surface area contributed by atoms with Crippen molar-refractivity contribution >= 4 is 40.8 Å². The van der Waals surface area contributed by atoms with Gasteiger partial charge in [0.1, 0.15) is 11.6 Å². The third-order valence-electron chi connectivity index (χ3n) is 4.98. The molecule has 0 bridgehead atoms. The normalized spacial score (nSPS) is 12.9. The molecule has 2 amide bonds. The number of nitrogens with zero attached hydrogens (tertiary/aromatic N) is 1. The molecule has 35 heavy (non-hydrogen) atoms. The molecule has 1 aliphatic heterocycles. The van der Waals surface area contributed by atoms with Crippen molar-refractivity contribution in [3.63, 3.8) is 0 Å². The summed E-state index contributed by atoms with van der Waals surface area (Å²) in [5.41, 5.74) is -3.59. The molecule has 1 aliphatic rings. The number of hydrogen-bond acceptors (Lipinski definition) is 3. The van der Waals surface area contributed by atoms with Crippen molar-refractivity contribution < 1.29 is 41.4 Å². The number of nitrogens with one attached hydrogen (secondary N) is 1. The first-order chi connectivity index (χ1) is 16.3. The Bertz CT molecular complexity index is 1470. The second kappa shape index (κ2) is 8.58. The number of carbonyl (C=O) groups is 3. The van der Waals surface area contributed by atoms with Crippen LogP contribution >= 0.6 is 11.6 Å². The molecule has 0 aliphatic carbocycles. The maximum absolute atomic E-state index is 13.9. The lowest BCUT2D eigenvalue weighted by atomic mass is 9.95. The van der Waals surface area contributed by atoms with Crippen LogP contribution in [0.5, 0.6) is 0 Å². The van der Waals surface area contributed by atoms with Crippen molar-refractivity contribution in [2.24, 2.45) is 4.99 Å². The SMILES string of the molecule is O=C(O)c1cc(NC(=O)c2cc(F)cc(C(F)(F)F)c2)c2c(c1)C(=O)N=C2c1cc(F)ccc1Cl. The predicted molar refractivity (Wildman–Crippen MR) is 114 cm³/mol. The summed E-state index contributed by atoms with van der Waals surface area (Å²) in [6.07, 6.45) is -4.94. The first-order valence-electron chi connectivity index (χ1n) is 9.54. The van der Waals surface area contributed by atoms with Gasteiger partial charge in [-0.05, 0) is 48.5 Å². The van der Waals surface area contributed by atoms with E-state index < -0.39 is 52.3 Å². The lowest BCUT2D eigenvalue weighted by molar-refractivity contribution is -0.137. The molecule has 12 heteroatoms. The van der Waals surface area contributed by atoms with E-state index in [4.69, 9.17) is 11.6 Å². The van der Waals surface area contributed by atoms with Crippen molar-refractivity contribution in [1.29, 1.82) is 0 Å². The lowest BCUT2D eigenvalue weighted by Crippen LogP contribution is -2.18. The van der Waals surface area contributed by atoms with Crippen LogP contribution in [-0.4, -0.2) is 28.6 Å². The number of benzene rings is 3. The highest BCUT2D eigenvalue weighted by Crippen LogP contribution is 2.35. The van der Waals surface area contributed by atoms with Gasteiger partial charge in [0.2, 0.25) is 0 Å². The fourth-order valence-corrected chi connectivity index (χ4v) is 3.67. The summed E-state index contributed by atoms with van der Waals surface area (Å²) in [7, 11) is 0. The minimum absolute atomic E-state index is 0.0228. The Morgan fingerprint density at radius 2 is 1.63 bits per heavy atom. The molecule has 3 aromatic carbocycles. The van der Waals surface area contributed by atoms with Crippen LogP contribution in [0.15, 0.2) is 53.5 Å². The van der Waals surface area contributed by atoms with Gasteiger partial charge in [-0.25, -0.2) is 18.6 Å². The molecular weight excluding hydrogens is 499 g/mol. The molecule has 1 heterocycles. The standard InChI is InChI=1S/C23H10ClF5N2O4/c24-16-2-1-12(25)8-14(16)19-18-15(21(33)31-19)5-10(22(34)35)6-17(18)30-20(32)9-3-11(23(27,28)29)7-13(26)4-9/h1-8H,(H,30,32)(H,34,35). The number of carboxylic acids is 1. The van der Waals surface area contributed by atoms with E-state index in [1.165, 1.54) is 6.07 Å². The molecular formula is C23H10ClF5N2O4. The molecule has 0 spiro atoms. The van der Waals surface area contributed by atoms with Crippen molar-refractivity contribution in [1.82, 2.24) is 0 Å². The van der Waals surface area contributed by atoms with E-state index in [0.717, 1.165) is 24.3 Å². The van der Waals surface area contributed by atoms with Gasteiger partial charge in [0.05, 0.1) is 33.1 Å².